The van der Waals surface area contributed by atoms with E-state index in [0.717, 1.165) is 25.9 Å². The van der Waals surface area contributed by atoms with Crippen LogP contribution in [0.4, 0.5) is 0 Å². The van der Waals surface area contributed by atoms with E-state index in [0.29, 0.717) is 17.9 Å². The van der Waals surface area contributed by atoms with Crippen LogP contribution in [0.15, 0.2) is 24.3 Å². The third-order valence-electron chi connectivity index (χ3n) is 3.17. The predicted octanol–water partition coefficient (Wildman–Crippen LogP) is 1.62. The molecule has 1 aliphatic rings. The van der Waals surface area contributed by atoms with E-state index in [1.165, 1.54) is 0 Å². The summed E-state index contributed by atoms with van der Waals surface area (Å²) in [5.41, 5.74) is 0.427. The molecule has 20 heavy (non-hydrogen) atoms. The van der Waals surface area contributed by atoms with Crippen molar-refractivity contribution in [2.45, 2.75) is 25.4 Å². The van der Waals surface area contributed by atoms with E-state index < -0.39 is 0 Å². The molecule has 0 aliphatic carbocycles. The maximum absolute atomic E-state index is 11.7. The molecule has 0 radical (unpaired) electrons. The smallest absolute Gasteiger partial charge is 0.258 e. The molecule has 1 fully saturated rings. The first-order valence-electron chi connectivity index (χ1n) is 6.80. The lowest BCUT2D eigenvalue weighted by atomic mass is 10.1. The average molecular weight is 274 g/mol. The average Bonchev–Trinajstić information content (AvgIpc) is 2.52. The lowest BCUT2D eigenvalue weighted by Crippen LogP contribution is -2.37. The SMILES string of the molecule is N#Cc1ccccc1OCC(=O)NCC1CCCCO1. The van der Waals surface area contributed by atoms with Gasteiger partial charge in [0.25, 0.3) is 5.91 Å². The van der Waals surface area contributed by atoms with Crippen molar-refractivity contribution in [1.82, 2.24) is 5.32 Å². The number of hydrogen-bond donors (Lipinski definition) is 1. The molecule has 106 valence electrons. The lowest BCUT2D eigenvalue weighted by molar-refractivity contribution is -0.124. The standard InChI is InChI=1S/C15H18N2O3/c16-9-12-5-1-2-7-14(12)20-11-15(18)17-10-13-6-3-4-8-19-13/h1-2,5,7,13H,3-4,6,8,10-11H2,(H,17,18). The molecule has 1 unspecified atom stereocenters. The largest absolute Gasteiger partial charge is 0.482 e. The second kappa shape index (κ2) is 7.51. The van der Waals surface area contributed by atoms with E-state index >= 15 is 0 Å². The first-order valence-corrected chi connectivity index (χ1v) is 6.80. The van der Waals surface area contributed by atoms with Crippen LogP contribution in [0.2, 0.25) is 0 Å². The topological polar surface area (TPSA) is 71.3 Å². The van der Waals surface area contributed by atoms with Gasteiger partial charge in [0.1, 0.15) is 11.8 Å². The van der Waals surface area contributed by atoms with E-state index in [2.05, 4.69) is 5.32 Å². The Morgan fingerprint density at radius 3 is 3.05 bits per heavy atom. The monoisotopic (exact) mass is 274 g/mol. The van der Waals surface area contributed by atoms with Crippen LogP contribution in [-0.4, -0.2) is 31.8 Å². The summed E-state index contributed by atoms with van der Waals surface area (Å²) in [5, 5.41) is 11.7. The molecule has 1 aromatic rings. The first kappa shape index (κ1) is 14.4. The van der Waals surface area contributed by atoms with Gasteiger partial charge in [-0.1, -0.05) is 12.1 Å². The van der Waals surface area contributed by atoms with Gasteiger partial charge in [0.2, 0.25) is 0 Å². The number of nitrogens with one attached hydrogen (secondary N) is 1. The lowest BCUT2D eigenvalue weighted by Gasteiger charge is -2.22. The molecule has 5 nitrogen and oxygen atoms in total. The van der Waals surface area contributed by atoms with Gasteiger partial charge in [0.05, 0.1) is 11.7 Å². The number of para-hydroxylation sites is 1. The molecular weight excluding hydrogens is 256 g/mol. The molecule has 0 bridgehead atoms. The van der Waals surface area contributed by atoms with Crippen molar-refractivity contribution in [2.75, 3.05) is 19.8 Å². The summed E-state index contributed by atoms with van der Waals surface area (Å²) >= 11 is 0. The van der Waals surface area contributed by atoms with Gasteiger partial charge in [-0.25, -0.2) is 0 Å². The van der Waals surface area contributed by atoms with Crippen molar-refractivity contribution < 1.29 is 14.3 Å². The molecule has 1 heterocycles. The normalized spacial score (nSPS) is 18.1. The Morgan fingerprint density at radius 1 is 1.45 bits per heavy atom. The summed E-state index contributed by atoms with van der Waals surface area (Å²) in [4.78, 5) is 11.7. The highest BCUT2D eigenvalue weighted by Crippen LogP contribution is 2.16. The van der Waals surface area contributed by atoms with Crippen LogP contribution in [0.25, 0.3) is 0 Å². The highest BCUT2D eigenvalue weighted by molar-refractivity contribution is 5.77. The van der Waals surface area contributed by atoms with Gasteiger partial charge in [-0.05, 0) is 31.4 Å². The Balaban J connectivity index is 1.73. The Bertz CT molecular complexity index is 490. The van der Waals surface area contributed by atoms with Crippen LogP contribution in [-0.2, 0) is 9.53 Å². The van der Waals surface area contributed by atoms with Crippen LogP contribution in [0.3, 0.4) is 0 Å². The molecule has 0 aromatic heterocycles. The van der Waals surface area contributed by atoms with Gasteiger partial charge >= 0.3 is 0 Å². The highest BCUT2D eigenvalue weighted by atomic mass is 16.5. The number of ether oxygens (including phenoxy) is 2. The Hall–Kier alpha value is -2.06. The maximum Gasteiger partial charge on any atom is 0.258 e. The van der Waals surface area contributed by atoms with E-state index in [-0.39, 0.29) is 18.6 Å². The zero-order chi connectivity index (χ0) is 14.2. The number of nitriles is 1. The number of carbonyl (C=O) groups is 1. The Labute approximate surface area is 118 Å². The Kier molecular flexibility index (Phi) is 5.39. The molecule has 1 aromatic carbocycles. The fraction of sp³-hybridized carbons (Fsp3) is 0.467. The summed E-state index contributed by atoms with van der Waals surface area (Å²) in [6.07, 6.45) is 3.34. The fourth-order valence-corrected chi connectivity index (χ4v) is 2.08. The molecule has 1 amide bonds. The van der Waals surface area contributed by atoms with Crippen LogP contribution < -0.4 is 10.1 Å². The van der Waals surface area contributed by atoms with Gasteiger partial charge < -0.3 is 14.8 Å². The quantitative estimate of drug-likeness (QED) is 0.885. The summed E-state index contributed by atoms with van der Waals surface area (Å²) in [5.74, 6) is 0.228. The third-order valence-corrected chi connectivity index (χ3v) is 3.17. The summed E-state index contributed by atoms with van der Waals surface area (Å²) in [6.45, 7) is 1.19. The molecule has 1 saturated heterocycles. The van der Waals surface area contributed by atoms with Gasteiger partial charge in [0, 0.05) is 13.2 Å². The molecular formula is C15H18N2O3. The van der Waals surface area contributed by atoms with Crippen molar-refractivity contribution in [2.24, 2.45) is 0 Å². The van der Waals surface area contributed by atoms with Crippen molar-refractivity contribution in [3.8, 4) is 11.8 Å². The molecule has 5 heteroatoms. The third kappa shape index (κ3) is 4.25. The van der Waals surface area contributed by atoms with Crippen LogP contribution in [0.5, 0.6) is 5.75 Å². The molecule has 1 atom stereocenters. The van der Waals surface area contributed by atoms with Crippen LogP contribution in [0.1, 0.15) is 24.8 Å². The minimum absolute atomic E-state index is 0.0919. The molecule has 1 N–H and O–H groups in total. The van der Waals surface area contributed by atoms with Crippen molar-refractivity contribution in [3.63, 3.8) is 0 Å². The number of rotatable bonds is 5. The molecule has 1 aliphatic heterocycles. The van der Waals surface area contributed by atoms with Crippen molar-refractivity contribution in [1.29, 1.82) is 5.26 Å². The molecule has 0 spiro atoms. The van der Waals surface area contributed by atoms with E-state index in [9.17, 15) is 4.79 Å². The Morgan fingerprint density at radius 2 is 2.30 bits per heavy atom. The summed E-state index contributed by atoms with van der Waals surface area (Å²) in [6, 6.07) is 8.88. The minimum atomic E-state index is -0.202. The first-order chi connectivity index (χ1) is 9.79. The predicted molar refractivity (Wildman–Crippen MR) is 73.3 cm³/mol. The van der Waals surface area contributed by atoms with Gasteiger partial charge in [-0.2, -0.15) is 5.26 Å². The second-order valence-electron chi connectivity index (χ2n) is 4.69. The maximum atomic E-state index is 11.7. The summed E-state index contributed by atoms with van der Waals surface area (Å²) < 4.78 is 10.9. The zero-order valence-electron chi connectivity index (χ0n) is 11.3. The summed E-state index contributed by atoms with van der Waals surface area (Å²) in [7, 11) is 0. The second-order valence-corrected chi connectivity index (χ2v) is 4.69. The number of amides is 1. The zero-order valence-corrected chi connectivity index (χ0v) is 11.3. The number of carbonyl (C=O) groups excluding carboxylic acids is 1. The van der Waals surface area contributed by atoms with E-state index in [1.54, 1.807) is 24.3 Å². The van der Waals surface area contributed by atoms with E-state index in [1.807, 2.05) is 6.07 Å². The van der Waals surface area contributed by atoms with Crippen molar-refractivity contribution in [3.05, 3.63) is 29.8 Å². The van der Waals surface area contributed by atoms with E-state index in [4.69, 9.17) is 14.7 Å². The van der Waals surface area contributed by atoms with Gasteiger partial charge in [0.15, 0.2) is 6.61 Å². The van der Waals surface area contributed by atoms with Crippen molar-refractivity contribution >= 4 is 5.91 Å². The highest BCUT2D eigenvalue weighted by Gasteiger charge is 2.15. The van der Waals surface area contributed by atoms with Crippen LogP contribution in [0, 0.1) is 11.3 Å². The molecule has 0 saturated carbocycles. The van der Waals surface area contributed by atoms with Gasteiger partial charge in [-0.15, -0.1) is 0 Å². The number of benzene rings is 1. The van der Waals surface area contributed by atoms with Gasteiger partial charge in [-0.3, -0.25) is 4.79 Å². The number of hydrogen-bond acceptors (Lipinski definition) is 4. The number of nitrogens with zero attached hydrogens (tertiary/aromatic N) is 1. The fourth-order valence-electron chi connectivity index (χ4n) is 2.08. The molecule has 2 rings (SSSR count). The minimum Gasteiger partial charge on any atom is -0.482 e. The van der Waals surface area contributed by atoms with Crippen LogP contribution >= 0.6 is 0 Å².